The predicted molar refractivity (Wildman–Crippen MR) is 99.6 cm³/mol. The maximum absolute atomic E-state index is 12.2. The molecule has 4 nitrogen and oxygen atoms in total. The molecule has 0 saturated heterocycles. The van der Waals surface area contributed by atoms with Gasteiger partial charge in [-0.25, -0.2) is 0 Å². The minimum absolute atomic E-state index is 0.250. The summed E-state index contributed by atoms with van der Waals surface area (Å²) in [6.07, 6.45) is 5.07. The third kappa shape index (κ3) is 3.68. The molecule has 0 radical (unpaired) electrons. The van der Waals surface area contributed by atoms with Crippen LogP contribution in [0.3, 0.4) is 0 Å². The van der Waals surface area contributed by atoms with E-state index in [0.29, 0.717) is 0 Å². The fourth-order valence-corrected chi connectivity index (χ4v) is 3.46. The fraction of sp³-hybridized carbons (Fsp3) is 0.429. The lowest BCUT2D eigenvalue weighted by molar-refractivity contribution is -0.136. The minimum atomic E-state index is 0.250. The smallest absolute Gasteiger partial charge is 0.225 e. The molecule has 1 aliphatic carbocycles. The summed E-state index contributed by atoms with van der Waals surface area (Å²) in [6.45, 7) is 3.53. The van der Waals surface area contributed by atoms with Gasteiger partial charge in [0.15, 0.2) is 6.29 Å². The zero-order valence-electron chi connectivity index (χ0n) is 15.1. The molecule has 0 bridgehead atoms. The van der Waals surface area contributed by atoms with Crippen LogP contribution in [0.5, 0.6) is 0 Å². The van der Waals surface area contributed by atoms with Crippen LogP contribution in [0.4, 0.5) is 0 Å². The fourth-order valence-electron chi connectivity index (χ4n) is 3.46. The number of aldehydes is 1. The van der Waals surface area contributed by atoms with E-state index in [-0.39, 0.29) is 11.8 Å². The Labute approximate surface area is 149 Å². The number of amides is 1. The van der Waals surface area contributed by atoms with Gasteiger partial charge in [-0.15, -0.1) is 0 Å². The molecule has 1 aromatic heterocycles. The average molecular weight is 338 g/mol. The Hall–Kier alpha value is -2.36. The highest BCUT2D eigenvalue weighted by atomic mass is 16.2. The SMILES string of the molecule is Cc1c(C=O)cc(-c2ccccc2)n1CCCN(C)C(=O)C1CCC1. The van der Waals surface area contributed by atoms with E-state index in [1.165, 1.54) is 6.42 Å². The monoisotopic (exact) mass is 338 g/mol. The highest BCUT2D eigenvalue weighted by Crippen LogP contribution is 2.28. The number of carbonyl (C=O) groups excluding carboxylic acids is 2. The van der Waals surface area contributed by atoms with E-state index < -0.39 is 0 Å². The Bertz CT molecular complexity index is 745. The van der Waals surface area contributed by atoms with Gasteiger partial charge >= 0.3 is 0 Å². The van der Waals surface area contributed by atoms with Gasteiger partial charge in [-0.05, 0) is 37.8 Å². The summed E-state index contributed by atoms with van der Waals surface area (Å²) >= 11 is 0. The van der Waals surface area contributed by atoms with Crippen LogP contribution in [0.1, 0.15) is 41.7 Å². The molecule has 0 atom stereocenters. The first-order valence-electron chi connectivity index (χ1n) is 9.07. The third-order valence-corrected chi connectivity index (χ3v) is 5.31. The summed E-state index contributed by atoms with van der Waals surface area (Å²) in [6, 6.07) is 12.1. The van der Waals surface area contributed by atoms with Crippen molar-refractivity contribution in [2.45, 2.75) is 39.2 Å². The largest absolute Gasteiger partial charge is 0.345 e. The lowest BCUT2D eigenvalue weighted by atomic mass is 9.84. The van der Waals surface area contributed by atoms with Crippen LogP contribution in [0.25, 0.3) is 11.3 Å². The third-order valence-electron chi connectivity index (χ3n) is 5.31. The lowest BCUT2D eigenvalue weighted by Crippen LogP contribution is -2.37. The number of nitrogens with zero attached hydrogens (tertiary/aromatic N) is 2. The molecule has 0 aliphatic heterocycles. The van der Waals surface area contributed by atoms with Crippen LogP contribution in [0.2, 0.25) is 0 Å². The minimum Gasteiger partial charge on any atom is -0.345 e. The molecule has 1 amide bonds. The number of rotatable bonds is 7. The molecule has 1 aliphatic rings. The maximum Gasteiger partial charge on any atom is 0.225 e. The van der Waals surface area contributed by atoms with Crippen molar-refractivity contribution in [3.63, 3.8) is 0 Å². The standard InChI is InChI=1S/C21H26N2O2/c1-16-19(15-24)14-20(17-8-4-3-5-9-17)23(16)13-7-12-22(2)21(25)18-10-6-11-18/h3-5,8-9,14-15,18H,6-7,10-13H2,1-2H3. The molecular weight excluding hydrogens is 312 g/mol. The van der Waals surface area contributed by atoms with Gasteiger partial charge in [-0.1, -0.05) is 36.8 Å². The number of aromatic nitrogens is 1. The molecular formula is C21H26N2O2. The first-order chi connectivity index (χ1) is 12.1. The molecule has 1 fully saturated rings. The Morgan fingerprint density at radius 2 is 2.00 bits per heavy atom. The van der Waals surface area contributed by atoms with Crippen LogP contribution >= 0.6 is 0 Å². The lowest BCUT2D eigenvalue weighted by Gasteiger charge is -2.29. The average Bonchev–Trinajstić information content (AvgIpc) is 2.90. The topological polar surface area (TPSA) is 42.3 Å². The first-order valence-corrected chi connectivity index (χ1v) is 9.07. The summed E-state index contributed by atoms with van der Waals surface area (Å²) < 4.78 is 2.20. The molecule has 2 aromatic rings. The normalized spacial score (nSPS) is 14.2. The predicted octanol–water partition coefficient (Wildman–Crippen LogP) is 3.92. The van der Waals surface area contributed by atoms with Crippen LogP contribution < -0.4 is 0 Å². The highest BCUT2D eigenvalue weighted by molar-refractivity contribution is 5.81. The molecule has 132 valence electrons. The molecule has 0 N–H and O–H groups in total. The number of benzene rings is 1. The second-order valence-corrected chi connectivity index (χ2v) is 6.95. The van der Waals surface area contributed by atoms with Crippen LogP contribution in [-0.2, 0) is 11.3 Å². The summed E-state index contributed by atoms with van der Waals surface area (Å²) in [7, 11) is 1.90. The van der Waals surface area contributed by atoms with Gasteiger partial charge in [-0.3, -0.25) is 9.59 Å². The van der Waals surface area contributed by atoms with Crippen LogP contribution in [0.15, 0.2) is 36.4 Å². The Kier molecular flexibility index (Phi) is 5.37. The Balaban J connectivity index is 1.70. The molecule has 1 saturated carbocycles. The first kappa shape index (κ1) is 17.5. The van der Waals surface area contributed by atoms with Crippen molar-refractivity contribution < 1.29 is 9.59 Å². The second-order valence-electron chi connectivity index (χ2n) is 6.95. The Morgan fingerprint density at radius 3 is 2.60 bits per heavy atom. The van der Waals surface area contributed by atoms with Crippen molar-refractivity contribution in [3.05, 3.63) is 47.7 Å². The summed E-state index contributed by atoms with van der Waals surface area (Å²) in [5.74, 6) is 0.534. The van der Waals surface area contributed by atoms with E-state index in [2.05, 4.69) is 16.7 Å². The highest BCUT2D eigenvalue weighted by Gasteiger charge is 2.27. The van der Waals surface area contributed by atoms with Gasteiger partial charge in [0.05, 0.1) is 0 Å². The molecule has 0 spiro atoms. The van der Waals surface area contributed by atoms with Gasteiger partial charge in [0, 0.05) is 43.0 Å². The van der Waals surface area contributed by atoms with Crippen LogP contribution in [-0.4, -0.2) is 35.3 Å². The quantitative estimate of drug-likeness (QED) is 0.718. The zero-order chi connectivity index (χ0) is 17.8. The van der Waals surface area contributed by atoms with E-state index in [0.717, 1.165) is 61.2 Å². The van der Waals surface area contributed by atoms with Crippen molar-refractivity contribution in [2.75, 3.05) is 13.6 Å². The van der Waals surface area contributed by atoms with Crippen molar-refractivity contribution in [3.8, 4) is 11.3 Å². The number of hydrogen-bond acceptors (Lipinski definition) is 2. The van der Waals surface area contributed by atoms with Crippen molar-refractivity contribution in [1.29, 1.82) is 0 Å². The molecule has 3 rings (SSSR count). The zero-order valence-corrected chi connectivity index (χ0v) is 15.1. The van der Waals surface area contributed by atoms with Crippen LogP contribution in [0, 0.1) is 12.8 Å². The summed E-state index contributed by atoms with van der Waals surface area (Å²) in [5.41, 5.74) is 3.89. The molecule has 0 unspecified atom stereocenters. The summed E-state index contributed by atoms with van der Waals surface area (Å²) in [4.78, 5) is 25.5. The van der Waals surface area contributed by atoms with Crippen molar-refractivity contribution >= 4 is 12.2 Å². The molecule has 1 aromatic carbocycles. The number of carbonyl (C=O) groups is 2. The Morgan fingerprint density at radius 1 is 1.28 bits per heavy atom. The van der Waals surface area contributed by atoms with Gasteiger partial charge in [0.2, 0.25) is 5.91 Å². The van der Waals surface area contributed by atoms with Gasteiger partial charge in [-0.2, -0.15) is 0 Å². The molecule has 1 heterocycles. The van der Waals surface area contributed by atoms with E-state index >= 15 is 0 Å². The van der Waals surface area contributed by atoms with E-state index in [1.807, 2.05) is 43.1 Å². The van der Waals surface area contributed by atoms with Gasteiger partial charge < -0.3 is 9.47 Å². The van der Waals surface area contributed by atoms with E-state index in [9.17, 15) is 9.59 Å². The van der Waals surface area contributed by atoms with E-state index in [1.54, 1.807) is 0 Å². The molecule has 4 heteroatoms. The summed E-state index contributed by atoms with van der Waals surface area (Å²) in [5, 5.41) is 0. The van der Waals surface area contributed by atoms with Crippen molar-refractivity contribution in [2.24, 2.45) is 5.92 Å². The number of hydrogen-bond donors (Lipinski definition) is 0. The van der Waals surface area contributed by atoms with Gasteiger partial charge in [0.1, 0.15) is 0 Å². The second kappa shape index (κ2) is 7.68. The molecule has 25 heavy (non-hydrogen) atoms. The van der Waals surface area contributed by atoms with Crippen molar-refractivity contribution in [1.82, 2.24) is 9.47 Å². The maximum atomic E-state index is 12.2. The van der Waals surface area contributed by atoms with Gasteiger partial charge in [0.25, 0.3) is 0 Å². The van der Waals surface area contributed by atoms with E-state index in [4.69, 9.17) is 0 Å².